The number of benzene rings is 1. The Labute approximate surface area is 145 Å². The summed E-state index contributed by atoms with van der Waals surface area (Å²) < 4.78 is 54.0. The van der Waals surface area contributed by atoms with E-state index in [4.69, 9.17) is 11.6 Å². The van der Waals surface area contributed by atoms with Gasteiger partial charge in [0.25, 0.3) is 0 Å². The van der Waals surface area contributed by atoms with Gasteiger partial charge in [-0.3, -0.25) is 4.90 Å². The summed E-state index contributed by atoms with van der Waals surface area (Å²) in [5.74, 6) is -0.710. The molecule has 1 fully saturated rings. The molecule has 2 rings (SSSR count). The fourth-order valence-corrected chi connectivity index (χ4v) is 3.65. The second-order valence-electron chi connectivity index (χ2n) is 6.36. The van der Waals surface area contributed by atoms with Crippen molar-refractivity contribution in [2.75, 3.05) is 26.2 Å². The molecule has 2 nitrogen and oxygen atoms in total. The summed E-state index contributed by atoms with van der Waals surface area (Å²) in [6, 6.07) is 1.19. The molecular formula is C17H23ClF4N2. The maximum absolute atomic E-state index is 14.6. The van der Waals surface area contributed by atoms with Crippen LogP contribution in [0.2, 0.25) is 5.02 Å². The zero-order valence-corrected chi connectivity index (χ0v) is 14.6. The maximum atomic E-state index is 14.6. The van der Waals surface area contributed by atoms with E-state index >= 15 is 0 Å². The summed E-state index contributed by atoms with van der Waals surface area (Å²) in [4.78, 5) is 2.06. The van der Waals surface area contributed by atoms with Crippen LogP contribution in [-0.4, -0.2) is 31.1 Å². The molecule has 0 spiro atoms. The first kappa shape index (κ1) is 19.5. The minimum atomic E-state index is -4.55. The number of nitrogens with one attached hydrogen (secondary N) is 1. The van der Waals surface area contributed by atoms with Crippen LogP contribution in [-0.2, 0) is 6.18 Å². The van der Waals surface area contributed by atoms with Gasteiger partial charge in [-0.1, -0.05) is 31.9 Å². The van der Waals surface area contributed by atoms with Gasteiger partial charge in [-0.05, 0) is 24.5 Å². The second kappa shape index (κ2) is 8.02. The highest BCUT2D eigenvalue weighted by atomic mass is 35.5. The quantitative estimate of drug-likeness (QED) is 0.747. The summed E-state index contributed by atoms with van der Waals surface area (Å²) in [6.45, 7) is 6.80. The topological polar surface area (TPSA) is 15.3 Å². The molecule has 1 saturated heterocycles. The molecule has 7 heteroatoms. The van der Waals surface area contributed by atoms with Gasteiger partial charge in [0.2, 0.25) is 0 Å². The van der Waals surface area contributed by atoms with Crippen molar-refractivity contribution in [2.24, 2.45) is 5.92 Å². The van der Waals surface area contributed by atoms with Crippen LogP contribution in [0.15, 0.2) is 12.1 Å². The van der Waals surface area contributed by atoms with E-state index in [1.54, 1.807) is 0 Å². The van der Waals surface area contributed by atoms with Gasteiger partial charge in [-0.25, -0.2) is 4.39 Å². The van der Waals surface area contributed by atoms with Gasteiger partial charge in [0, 0.05) is 37.8 Å². The summed E-state index contributed by atoms with van der Waals surface area (Å²) in [7, 11) is 0. The third-order valence-electron chi connectivity index (χ3n) is 4.53. The Bertz CT molecular complexity index is 556. The van der Waals surface area contributed by atoms with E-state index in [9.17, 15) is 17.6 Å². The average Bonchev–Trinajstić information content (AvgIpc) is 2.52. The number of hydrogen-bond donors (Lipinski definition) is 1. The Morgan fingerprint density at radius 1 is 1.25 bits per heavy atom. The molecule has 24 heavy (non-hydrogen) atoms. The minimum Gasteiger partial charge on any atom is -0.314 e. The molecule has 0 amide bonds. The van der Waals surface area contributed by atoms with Crippen LogP contribution in [0.25, 0.3) is 0 Å². The van der Waals surface area contributed by atoms with E-state index in [0.29, 0.717) is 19.2 Å². The standard InChI is InChI=1S/C17H23ClF4N2/c1-3-4-11(2)16(24-7-5-23-6-8-24)13-9-12(17(20,21)22)10-14(18)15(13)19/h9-11,16,23H,3-8H2,1-2H3/t11?,16-/m1/s1. The van der Waals surface area contributed by atoms with Gasteiger partial charge in [0.05, 0.1) is 10.6 Å². The van der Waals surface area contributed by atoms with E-state index in [-0.39, 0.29) is 11.5 Å². The third kappa shape index (κ3) is 4.41. The Morgan fingerprint density at radius 2 is 1.88 bits per heavy atom. The molecule has 1 aromatic carbocycles. The molecule has 0 bridgehead atoms. The van der Waals surface area contributed by atoms with Gasteiger partial charge >= 0.3 is 6.18 Å². The van der Waals surface area contributed by atoms with Gasteiger partial charge in [0.15, 0.2) is 0 Å². The van der Waals surface area contributed by atoms with E-state index in [2.05, 4.69) is 10.2 Å². The molecule has 0 radical (unpaired) electrons. The lowest BCUT2D eigenvalue weighted by molar-refractivity contribution is -0.137. The average molecular weight is 367 g/mol. The lowest BCUT2D eigenvalue weighted by Crippen LogP contribution is -2.47. The monoisotopic (exact) mass is 366 g/mol. The normalized spacial score (nSPS) is 19.3. The highest BCUT2D eigenvalue weighted by Gasteiger charge is 2.36. The Morgan fingerprint density at radius 3 is 2.42 bits per heavy atom. The molecule has 0 saturated carbocycles. The van der Waals surface area contributed by atoms with Gasteiger partial charge in [0.1, 0.15) is 5.82 Å². The molecule has 0 aromatic heterocycles. The first-order chi connectivity index (χ1) is 11.3. The number of piperazine rings is 1. The molecule has 1 N–H and O–H groups in total. The van der Waals surface area contributed by atoms with Crippen molar-refractivity contribution in [1.29, 1.82) is 0 Å². The SMILES string of the molecule is CCCC(C)[C@H](c1cc(C(F)(F)F)cc(Cl)c1F)N1CCNCC1. The predicted octanol–water partition coefficient (Wildman–Crippen LogP) is 4.88. The van der Waals surface area contributed by atoms with E-state index < -0.39 is 28.6 Å². The number of alkyl halides is 3. The summed E-state index contributed by atoms with van der Waals surface area (Å²) in [5, 5.41) is 2.74. The Balaban J connectivity index is 2.49. The van der Waals surface area contributed by atoms with Crippen molar-refractivity contribution in [3.63, 3.8) is 0 Å². The van der Waals surface area contributed by atoms with E-state index in [1.165, 1.54) is 0 Å². The van der Waals surface area contributed by atoms with Crippen LogP contribution < -0.4 is 5.32 Å². The van der Waals surface area contributed by atoms with E-state index in [0.717, 1.165) is 32.0 Å². The molecule has 1 aliphatic heterocycles. The van der Waals surface area contributed by atoms with Crippen molar-refractivity contribution in [1.82, 2.24) is 10.2 Å². The van der Waals surface area contributed by atoms with Crippen molar-refractivity contribution < 1.29 is 17.6 Å². The predicted molar refractivity (Wildman–Crippen MR) is 87.7 cm³/mol. The number of halogens is 5. The lowest BCUT2D eigenvalue weighted by atomic mass is 9.88. The van der Waals surface area contributed by atoms with Gasteiger partial charge in [-0.15, -0.1) is 0 Å². The number of rotatable bonds is 5. The first-order valence-corrected chi connectivity index (χ1v) is 8.64. The number of nitrogens with zero attached hydrogens (tertiary/aromatic N) is 1. The third-order valence-corrected chi connectivity index (χ3v) is 4.81. The van der Waals surface area contributed by atoms with Gasteiger partial charge < -0.3 is 5.32 Å². The highest BCUT2D eigenvalue weighted by molar-refractivity contribution is 6.30. The fourth-order valence-electron chi connectivity index (χ4n) is 3.43. The zero-order chi connectivity index (χ0) is 17.9. The molecule has 1 aromatic rings. The first-order valence-electron chi connectivity index (χ1n) is 8.26. The largest absolute Gasteiger partial charge is 0.416 e. The van der Waals surface area contributed by atoms with Crippen molar-refractivity contribution in [3.05, 3.63) is 34.1 Å². The molecule has 1 aliphatic rings. The molecule has 136 valence electrons. The summed E-state index contributed by atoms with van der Waals surface area (Å²) in [6.07, 6.45) is -2.85. The zero-order valence-electron chi connectivity index (χ0n) is 13.9. The van der Waals surface area contributed by atoms with Crippen molar-refractivity contribution >= 4 is 11.6 Å². The second-order valence-corrected chi connectivity index (χ2v) is 6.76. The van der Waals surface area contributed by atoms with Crippen molar-refractivity contribution in [2.45, 2.75) is 38.9 Å². The Kier molecular flexibility index (Phi) is 6.51. The summed E-state index contributed by atoms with van der Waals surface area (Å²) >= 11 is 5.78. The molecule has 2 atom stereocenters. The van der Waals surface area contributed by atoms with Crippen LogP contribution in [0, 0.1) is 11.7 Å². The van der Waals surface area contributed by atoms with Crippen molar-refractivity contribution in [3.8, 4) is 0 Å². The van der Waals surface area contributed by atoms with Crippen LogP contribution in [0.1, 0.15) is 43.9 Å². The lowest BCUT2D eigenvalue weighted by Gasteiger charge is -2.39. The Hall–Kier alpha value is -0.850. The number of hydrogen-bond acceptors (Lipinski definition) is 2. The van der Waals surface area contributed by atoms with Crippen LogP contribution >= 0.6 is 11.6 Å². The van der Waals surface area contributed by atoms with E-state index in [1.807, 2.05) is 13.8 Å². The minimum absolute atomic E-state index is 0.0298. The molecule has 1 unspecified atom stereocenters. The highest BCUT2D eigenvalue weighted by Crippen LogP contribution is 2.39. The summed E-state index contributed by atoms with van der Waals surface area (Å²) in [5.41, 5.74) is -0.842. The van der Waals surface area contributed by atoms with Crippen LogP contribution in [0.3, 0.4) is 0 Å². The molecular weight excluding hydrogens is 344 g/mol. The maximum Gasteiger partial charge on any atom is 0.416 e. The molecule has 0 aliphatic carbocycles. The van der Waals surface area contributed by atoms with Crippen LogP contribution in [0.5, 0.6) is 0 Å². The van der Waals surface area contributed by atoms with Gasteiger partial charge in [-0.2, -0.15) is 13.2 Å². The van der Waals surface area contributed by atoms with Crippen LogP contribution in [0.4, 0.5) is 17.6 Å². The molecule has 1 heterocycles. The smallest absolute Gasteiger partial charge is 0.314 e. The fraction of sp³-hybridized carbons (Fsp3) is 0.647.